The number of ether oxygens (including phenoxy) is 2. The number of nitrogens with zero attached hydrogens (tertiary/aromatic N) is 3. The van der Waals surface area contributed by atoms with Gasteiger partial charge in [0.05, 0.1) is 13.3 Å². The molecule has 1 heterocycles. The van der Waals surface area contributed by atoms with Gasteiger partial charge in [-0.15, -0.1) is 0 Å². The number of aryl methyl sites for hydroxylation is 1. The quantitative estimate of drug-likeness (QED) is 0.295. The van der Waals surface area contributed by atoms with Gasteiger partial charge in [0.25, 0.3) is 0 Å². The predicted octanol–water partition coefficient (Wildman–Crippen LogP) is 5.31. The zero-order chi connectivity index (χ0) is 22.3. The molecule has 0 saturated carbocycles. The molecule has 0 aliphatic rings. The number of aromatic nitrogens is 3. The topological polar surface area (TPSA) is 64.4 Å². The van der Waals surface area contributed by atoms with Crippen LogP contribution in [0.4, 0.5) is 0 Å². The third-order valence-electron chi connectivity index (χ3n) is 4.95. The predicted molar refractivity (Wildman–Crippen MR) is 128 cm³/mol. The van der Waals surface area contributed by atoms with E-state index in [-0.39, 0.29) is 0 Å². The van der Waals surface area contributed by atoms with Crippen molar-refractivity contribution in [2.24, 2.45) is 5.10 Å². The largest absolute Gasteiger partial charge is 0.493 e. The lowest BCUT2D eigenvalue weighted by molar-refractivity contribution is 0.284. The summed E-state index contributed by atoms with van der Waals surface area (Å²) in [6.07, 6.45) is 2.36. The van der Waals surface area contributed by atoms with Crippen LogP contribution in [0, 0.1) is 11.7 Å². The molecule has 0 bridgehead atoms. The molecule has 4 rings (SSSR count). The molecule has 162 valence electrons. The molecular formula is C25H24N4O2S. The van der Waals surface area contributed by atoms with Gasteiger partial charge in [-0.1, -0.05) is 60.2 Å². The molecule has 0 radical (unpaired) electrons. The smallest absolute Gasteiger partial charge is 0.216 e. The molecule has 0 saturated heterocycles. The van der Waals surface area contributed by atoms with E-state index in [9.17, 15) is 0 Å². The highest BCUT2D eigenvalue weighted by Gasteiger charge is 2.08. The van der Waals surface area contributed by atoms with Crippen LogP contribution < -0.4 is 9.47 Å². The van der Waals surface area contributed by atoms with Crippen molar-refractivity contribution in [2.45, 2.75) is 20.0 Å². The molecule has 3 aromatic carbocycles. The number of hydrogen-bond donors (Lipinski definition) is 1. The Kier molecular flexibility index (Phi) is 6.77. The maximum atomic E-state index is 6.03. The number of aromatic amines is 1. The van der Waals surface area contributed by atoms with Crippen LogP contribution in [0.3, 0.4) is 0 Å². The molecule has 0 aliphatic heterocycles. The lowest BCUT2D eigenvalue weighted by Gasteiger charge is -2.11. The Morgan fingerprint density at radius 1 is 1.00 bits per heavy atom. The van der Waals surface area contributed by atoms with Gasteiger partial charge in [0.1, 0.15) is 6.61 Å². The van der Waals surface area contributed by atoms with E-state index in [0.29, 0.717) is 29.3 Å². The normalized spacial score (nSPS) is 11.1. The Morgan fingerprint density at radius 2 is 1.78 bits per heavy atom. The van der Waals surface area contributed by atoms with Crippen LogP contribution >= 0.6 is 12.2 Å². The Morgan fingerprint density at radius 3 is 2.53 bits per heavy atom. The minimum Gasteiger partial charge on any atom is -0.493 e. The van der Waals surface area contributed by atoms with E-state index in [4.69, 9.17) is 21.7 Å². The van der Waals surface area contributed by atoms with Crippen molar-refractivity contribution in [3.05, 3.63) is 106 Å². The van der Waals surface area contributed by atoms with E-state index >= 15 is 0 Å². The first-order valence-electron chi connectivity index (χ1n) is 10.2. The molecule has 0 atom stereocenters. The van der Waals surface area contributed by atoms with E-state index in [1.54, 1.807) is 18.0 Å². The second kappa shape index (κ2) is 10.1. The number of benzene rings is 3. The molecule has 0 unspecified atom stereocenters. The molecule has 1 N–H and O–H groups in total. The third-order valence-corrected chi connectivity index (χ3v) is 5.21. The third kappa shape index (κ3) is 5.31. The number of methoxy groups -OCH3 is 1. The zero-order valence-corrected chi connectivity index (χ0v) is 18.8. The van der Waals surface area contributed by atoms with Crippen molar-refractivity contribution in [2.75, 3.05) is 7.11 Å². The van der Waals surface area contributed by atoms with Gasteiger partial charge in [0, 0.05) is 6.42 Å². The average molecular weight is 445 g/mol. The van der Waals surface area contributed by atoms with Crippen molar-refractivity contribution in [3.8, 4) is 11.5 Å². The van der Waals surface area contributed by atoms with Crippen LogP contribution in [-0.2, 0) is 13.0 Å². The molecular weight excluding hydrogens is 420 g/mol. The SMILES string of the molecule is COc1ccc(/C=N\n2c(Cc3ccccc3)n[nH]c2=S)cc1OCc1ccc(C)cc1. The summed E-state index contributed by atoms with van der Waals surface area (Å²) < 4.78 is 13.6. The highest BCUT2D eigenvalue weighted by molar-refractivity contribution is 7.71. The summed E-state index contributed by atoms with van der Waals surface area (Å²) >= 11 is 5.36. The van der Waals surface area contributed by atoms with Gasteiger partial charge in [-0.05, 0) is 54.0 Å². The van der Waals surface area contributed by atoms with Gasteiger partial charge < -0.3 is 9.47 Å². The number of rotatable bonds is 8. The minimum atomic E-state index is 0.441. The number of H-pyrrole nitrogens is 1. The van der Waals surface area contributed by atoms with Crippen LogP contribution in [0.1, 0.15) is 28.1 Å². The van der Waals surface area contributed by atoms with Crippen LogP contribution in [-0.4, -0.2) is 28.2 Å². The first kappa shape index (κ1) is 21.5. The second-order valence-corrected chi connectivity index (χ2v) is 7.74. The fourth-order valence-electron chi connectivity index (χ4n) is 3.19. The van der Waals surface area contributed by atoms with Crippen LogP contribution in [0.5, 0.6) is 11.5 Å². The van der Waals surface area contributed by atoms with Crippen molar-refractivity contribution in [1.29, 1.82) is 0 Å². The maximum absolute atomic E-state index is 6.03. The first-order valence-corrected chi connectivity index (χ1v) is 10.6. The summed E-state index contributed by atoms with van der Waals surface area (Å²) in [6.45, 7) is 2.51. The van der Waals surface area contributed by atoms with Crippen molar-refractivity contribution in [1.82, 2.24) is 14.9 Å². The van der Waals surface area contributed by atoms with E-state index in [1.807, 2.05) is 48.5 Å². The van der Waals surface area contributed by atoms with E-state index < -0.39 is 0 Å². The highest BCUT2D eigenvalue weighted by atomic mass is 32.1. The summed E-state index contributed by atoms with van der Waals surface area (Å²) in [5.74, 6) is 2.05. The Bertz CT molecular complexity index is 1260. The molecule has 1 aromatic heterocycles. The van der Waals surface area contributed by atoms with Gasteiger partial charge >= 0.3 is 0 Å². The fourth-order valence-corrected chi connectivity index (χ4v) is 3.39. The zero-order valence-electron chi connectivity index (χ0n) is 18.0. The molecule has 32 heavy (non-hydrogen) atoms. The van der Waals surface area contributed by atoms with Gasteiger partial charge in [-0.25, -0.2) is 0 Å². The number of nitrogens with one attached hydrogen (secondary N) is 1. The first-order chi connectivity index (χ1) is 15.6. The van der Waals surface area contributed by atoms with Gasteiger partial charge in [0.15, 0.2) is 17.3 Å². The van der Waals surface area contributed by atoms with E-state index in [2.05, 4.69) is 46.5 Å². The second-order valence-electron chi connectivity index (χ2n) is 7.35. The lowest BCUT2D eigenvalue weighted by Crippen LogP contribution is -2.01. The number of hydrogen-bond acceptors (Lipinski definition) is 5. The Hall–Kier alpha value is -3.71. The summed E-state index contributed by atoms with van der Waals surface area (Å²) in [7, 11) is 1.63. The van der Waals surface area contributed by atoms with Crippen LogP contribution in [0.2, 0.25) is 0 Å². The standard InChI is InChI=1S/C25H24N4O2S/c1-18-8-10-20(11-9-18)17-31-23-14-21(12-13-22(23)30-2)16-26-29-24(27-28-25(29)32)15-19-6-4-3-5-7-19/h3-14,16H,15,17H2,1-2H3,(H,28,32)/b26-16-. The molecule has 0 fully saturated rings. The summed E-state index contributed by atoms with van der Waals surface area (Å²) in [5, 5.41) is 11.7. The Labute approximate surface area is 192 Å². The Balaban J connectivity index is 1.53. The maximum Gasteiger partial charge on any atom is 0.216 e. The average Bonchev–Trinajstić information content (AvgIpc) is 3.17. The van der Waals surface area contributed by atoms with Crippen molar-refractivity contribution < 1.29 is 9.47 Å². The van der Waals surface area contributed by atoms with Crippen LogP contribution in [0.25, 0.3) is 0 Å². The summed E-state index contributed by atoms with van der Waals surface area (Å²) in [6, 6.07) is 24.0. The molecule has 7 heteroatoms. The molecule has 4 aromatic rings. The molecule has 0 aliphatic carbocycles. The highest BCUT2D eigenvalue weighted by Crippen LogP contribution is 2.28. The van der Waals surface area contributed by atoms with Crippen LogP contribution in [0.15, 0.2) is 77.9 Å². The van der Waals surface area contributed by atoms with Crippen molar-refractivity contribution >= 4 is 18.4 Å². The van der Waals surface area contributed by atoms with E-state index in [0.717, 1.165) is 22.5 Å². The minimum absolute atomic E-state index is 0.441. The lowest BCUT2D eigenvalue weighted by atomic mass is 10.1. The summed E-state index contributed by atoms with van der Waals surface area (Å²) in [4.78, 5) is 0. The fraction of sp³-hybridized carbons (Fsp3) is 0.160. The monoisotopic (exact) mass is 444 g/mol. The van der Waals surface area contributed by atoms with Crippen molar-refractivity contribution in [3.63, 3.8) is 0 Å². The molecule has 6 nitrogen and oxygen atoms in total. The van der Waals surface area contributed by atoms with Gasteiger partial charge in [-0.2, -0.15) is 14.9 Å². The van der Waals surface area contributed by atoms with E-state index in [1.165, 1.54) is 5.56 Å². The van der Waals surface area contributed by atoms with Gasteiger partial charge in [0.2, 0.25) is 4.77 Å². The molecule has 0 amide bonds. The van der Waals surface area contributed by atoms with Gasteiger partial charge in [-0.3, -0.25) is 5.10 Å². The summed E-state index contributed by atoms with van der Waals surface area (Å²) in [5.41, 5.74) is 4.30. The molecule has 0 spiro atoms.